The lowest BCUT2D eigenvalue weighted by Gasteiger charge is -2.08. The standard InChI is InChI=1S/C13H19NO4/c1-4-16-13(15)11-5-6-12(14-9-11)18-8-7-17-10(2)3/h5-6,9-10H,4,7-8H2,1-3H3. The zero-order chi connectivity index (χ0) is 13.4. The number of carbonyl (C=O) groups excluding carboxylic acids is 1. The first-order valence-electron chi connectivity index (χ1n) is 6.01. The molecular formula is C13H19NO4. The molecule has 0 fully saturated rings. The van der Waals surface area contributed by atoms with Gasteiger partial charge in [0.2, 0.25) is 5.88 Å². The predicted octanol–water partition coefficient (Wildman–Crippen LogP) is 2.06. The fourth-order valence-electron chi connectivity index (χ4n) is 1.23. The highest BCUT2D eigenvalue weighted by molar-refractivity contribution is 5.89. The van der Waals surface area contributed by atoms with E-state index in [1.165, 1.54) is 6.20 Å². The minimum absolute atomic E-state index is 0.188. The molecule has 5 nitrogen and oxygen atoms in total. The Kier molecular flexibility index (Phi) is 6.14. The Bertz CT molecular complexity index is 362. The number of pyridine rings is 1. The van der Waals surface area contributed by atoms with Gasteiger partial charge >= 0.3 is 5.97 Å². The Hall–Kier alpha value is -1.62. The van der Waals surface area contributed by atoms with Crippen molar-refractivity contribution in [2.75, 3.05) is 19.8 Å². The van der Waals surface area contributed by atoms with Crippen LogP contribution >= 0.6 is 0 Å². The Morgan fingerprint density at radius 2 is 2.11 bits per heavy atom. The minimum atomic E-state index is -0.375. The lowest BCUT2D eigenvalue weighted by Crippen LogP contribution is -2.12. The van der Waals surface area contributed by atoms with Gasteiger partial charge in [-0.25, -0.2) is 9.78 Å². The number of aromatic nitrogens is 1. The Labute approximate surface area is 107 Å². The van der Waals surface area contributed by atoms with Gasteiger partial charge in [0.15, 0.2) is 0 Å². The van der Waals surface area contributed by atoms with Crippen LogP contribution in [0.25, 0.3) is 0 Å². The first-order chi connectivity index (χ1) is 8.63. The van der Waals surface area contributed by atoms with Crippen LogP contribution < -0.4 is 4.74 Å². The second kappa shape index (κ2) is 7.66. The smallest absolute Gasteiger partial charge is 0.339 e. The first-order valence-corrected chi connectivity index (χ1v) is 6.01. The number of hydrogen-bond donors (Lipinski definition) is 0. The molecule has 1 heterocycles. The van der Waals surface area contributed by atoms with Crippen molar-refractivity contribution in [2.24, 2.45) is 0 Å². The molecule has 0 bridgehead atoms. The van der Waals surface area contributed by atoms with Crippen LogP contribution in [-0.4, -0.2) is 36.9 Å². The molecule has 0 spiro atoms. The van der Waals surface area contributed by atoms with E-state index >= 15 is 0 Å². The van der Waals surface area contributed by atoms with E-state index in [4.69, 9.17) is 14.2 Å². The van der Waals surface area contributed by atoms with Crippen LogP contribution in [0.15, 0.2) is 18.3 Å². The third-order valence-corrected chi connectivity index (χ3v) is 2.03. The van der Waals surface area contributed by atoms with Crippen LogP contribution in [0.2, 0.25) is 0 Å². The molecule has 5 heteroatoms. The van der Waals surface area contributed by atoms with Gasteiger partial charge in [-0.2, -0.15) is 0 Å². The molecule has 0 amide bonds. The van der Waals surface area contributed by atoms with E-state index in [9.17, 15) is 4.79 Å². The topological polar surface area (TPSA) is 57.7 Å². The van der Waals surface area contributed by atoms with Crippen molar-refractivity contribution in [3.63, 3.8) is 0 Å². The number of hydrogen-bond acceptors (Lipinski definition) is 5. The lowest BCUT2D eigenvalue weighted by molar-refractivity contribution is 0.0520. The van der Waals surface area contributed by atoms with Gasteiger partial charge in [-0.05, 0) is 26.8 Å². The maximum Gasteiger partial charge on any atom is 0.339 e. The van der Waals surface area contributed by atoms with Gasteiger partial charge in [-0.1, -0.05) is 0 Å². The molecule has 0 unspecified atom stereocenters. The van der Waals surface area contributed by atoms with Crippen molar-refractivity contribution in [3.05, 3.63) is 23.9 Å². The average Bonchev–Trinajstić information content (AvgIpc) is 2.35. The van der Waals surface area contributed by atoms with E-state index in [1.54, 1.807) is 19.1 Å². The molecule has 0 aliphatic heterocycles. The zero-order valence-corrected chi connectivity index (χ0v) is 11.0. The molecule has 1 rings (SSSR count). The van der Waals surface area contributed by atoms with Gasteiger partial charge in [0.05, 0.1) is 24.9 Å². The highest BCUT2D eigenvalue weighted by Crippen LogP contribution is 2.08. The molecule has 0 N–H and O–H groups in total. The van der Waals surface area contributed by atoms with Crippen LogP contribution in [0.1, 0.15) is 31.1 Å². The van der Waals surface area contributed by atoms with Crippen molar-refractivity contribution < 1.29 is 19.0 Å². The molecule has 100 valence electrons. The third kappa shape index (κ3) is 5.14. The fraction of sp³-hybridized carbons (Fsp3) is 0.538. The summed E-state index contributed by atoms with van der Waals surface area (Å²) in [7, 11) is 0. The SMILES string of the molecule is CCOC(=O)c1ccc(OCCOC(C)C)nc1. The number of nitrogens with zero attached hydrogens (tertiary/aromatic N) is 1. The molecule has 1 aromatic heterocycles. The molecule has 0 saturated carbocycles. The Balaban J connectivity index is 2.38. The van der Waals surface area contributed by atoms with E-state index in [1.807, 2.05) is 13.8 Å². The van der Waals surface area contributed by atoms with E-state index in [0.29, 0.717) is 31.3 Å². The summed E-state index contributed by atoms with van der Waals surface area (Å²) in [6, 6.07) is 3.27. The van der Waals surface area contributed by atoms with Crippen LogP contribution in [0.4, 0.5) is 0 Å². The monoisotopic (exact) mass is 253 g/mol. The van der Waals surface area contributed by atoms with Gasteiger partial charge < -0.3 is 14.2 Å². The molecule has 0 radical (unpaired) electrons. The van der Waals surface area contributed by atoms with Crippen molar-refractivity contribution >= 4 is 5.97 Å². The quantitative estimate of drug-likeness (QED) is 0.550. The highest BCUT2D eigenvalue weighted by Gasteiger charge is 2.06. The van der Waals surface area contributed by atoms with Gasteiger partial charge in [0.25, 0.3) is 0 Å². The third-order valence-electron chi connectivity index (χ3n) is 2.03. The maximum atomic E-state index is 11.4. The van der Waals surface area contributed by atoms with Crippen LogP contribution in [-0.2, 0) is 9.47 Å². The van der Waals surface area contributed by atoms with E-state index in [0.717, 1.165) is 0 Å². The van der Waals surface area contributed by atoms with Crippen molar-refractivity contribution in [1.82, 2.24) is 4.98 Å². The summed E-state index contributed by atoms with van der Waals surface area (Å²) < 4.78 is 15.5. The second-order valence-electron chi connectivity index (χ2n) is 3.87. The largest absolute Gasteiger partial charge is 0.475 e. The summed E-state index contributed by atoms with van der Waals surface area (Å²) in [6.45, 7) is 6.99. The normalized spacial score (nSPS) is 10.4. The maximum absolute atomic E-state index is 11.4. The molecule has 1 aromatic rings. The summed E-state index contributed by atoms with van der Waals surface area (Å²) in [4.78, 5) is 15.4. The molecule has 0 saturated heterocycles. The van der Waals surface area contributed by atoms with Crippen molar-refractivity contribution in [1.29, 1.82) is 0 Å². The van der Waals surface area contributed by atoms with E-state index < -0.39 is 0 Å². The molecule has 0 aromatic carbocycles. The number of rotatable bonds is 7. The van der Waals surface area contributed by atoms with Gasteiger partial charge in [-0.15, -0.1) is 0 Å². The molecule has 0 atom stereocenters. The summed E-state index contributed by atoms with van der Waals surface area (Å²) >= 11 is 0. The van der Waals surface area contributed by atoms with Crippen LogP contribution in [0, 0.1) is 0 Å². The number of esters is 1. The Morgan fingerprint density at radius 1 is 1.33 bits per heavy atom. The molecule has 0 aliphatic rings. The molecular weight excluding hydrogens is 234 g/mol. The summed E-state index contributed by atoms with van der Waals surface area (Å²) in [5, 5.41) is 0. The van der Waals surface area contributed by atoms with E-state index in [2.05, 4.69) is 4.98 Å². The van der Waals surface area contributed by atoms with Crippen LogP contribution in [0.3, 0.4) is 0 Å². The molecule has 18 heavy (non-hydrogen) atoms. The molecule has 0 aliphatic carbocycles. The summed E-state index contributed by atoms with van der Waals surface area (Å²) in [6.07, 6.45) is 1.63. The van der Waals surface area contributed by atoms with Crippen LogP contribution in [0.5, 0.6) is 5.88 Å². The first kappa shape index (κ1) is 14.4. The zero-order valence-electron chi connectivity index (χ0n) is 11.0. The predicted molar refractivity (Wildman–Crippen MR) is 66.8 cm³/mol. The second-order valence-corrected chi connectivity index (χ2v) is 3.87. The van der Waals surface area contributed by atoms with Crippen molar-refractivity contribution in [3.8, 4) is 5.88 Å². The lowest BCUT2D eigenvalue weighted by atomic mass is 10.3. The number of ether oxygens (including phenoxy) is 3. The highest BCUT2D eigenvalue weighted by atomic mass is 16.5. The minimum Gasteiger partial charge on any atom is -0.475 e. The van der Waals surface area contributed by atoms with Gasteiger partial charge in [0, 0.05) is 12.3 Å². The number of carbonyl (C=O) groups is 1. The van der Waals surface area contributed by atoms with E-state index in [-0.39, 0.29) is 12.1 Å². The van der Waals surface area contributed by atoms with Gasteiger partial charge in [-0.3, -0.25) is 0 Å². The van der Waals surface area contributed by atoms with Gasteiger partial charge in [0.1, 0.15) is 6.61 Å². The fourth-order valence-corrected chi connectivity index (χ4v) is 1.23. The summed E-state index contributed by atoms with van der Waals surface area (Å²) in [5.41, 5.74) is 0.419. The Morgan fingerprint density at radius 3 is 2.67 bits per heavy atom. The summed E-state index contributed by atoms with van der Waals surface area (Å²) in [5.74, 6) is 0.0927. The average molecular weight is 253 g/mol. The van der Waals surface area contributed by atoms with Crippen molar-refractivity contribution in [2.45, 2.75) is 26.9 Å².